The number of fused-ring (bicyclic) bond motifs is 1. The van der Waals surface area contributed by atoms with Crippen molar-refractivity contribution in [1.82, 2.24) is 10.2 Å². The van der Waals surface area contributed by atoms with Crippen molar-refractivity contribution in [2.45, 2.75) is 38.3 Å². The third-order valence-electron chi connectivity index (χ3n) is 6.38. The van der Waals surface area contributed by atoms with Crippen LogP contribution in [0.3, 0.4) is 0 Å². The highest BCUT2D eigenvalue weighted by Crippen LogP contribution is 2.33. The number of piperidine rings is 1. The Bertz CT molecular complexity index is 1380. The van der Waals surface area contributed by atoms with E-state index in [-0.39, 0.29) is 36.3 Å². The van der Waals surface area contributed by atoms with Crippen LogP contribution in [0.2, 0.25) is 5.02 Å². The van der Waals surface area contributed by atoms with Crippen LogP contribution < -0.4 is 15.0 Å². The zero-order valence-corrected chi connectivity index (χ0v) is 20.0. The van der Waals surface area contributed by atoms with Crippen LogP contribution in [0.5, 0.6) is 5.75 Å². The van der Waals surface area contributed by atoms with Gasteiger partial charge in [0.25, 0.3) is 5.91 Å². The molecular weight excluding hydrogens is 489 g/mol. The van der Waals surface area contributed by atoms with Crippen LogP contribution in [0, 0.1) is 23.6 Å². The van der Waals surface area contributed by atoms with Gasteiger partial charge in [0.1, 0.15) is 17.6 Å². The van der Waals surface area contributed by atoms with Gasteiger partial charge in [0, 0.05) is 42.3 Å². The summed E-state index contributed by atoms with van der Waals surface area (Å²) in [7, 11) is 1.49. The fourth-order valence-electron chi connectivity index (χ4n) is 4.15. The van der Waals surface area contributed by atoms with Gasteiger partial charge in [-0.2, -0.15) is 0 Å². The summed E-state index contributed by atoms with van der Waals surface area (Å²) in [4.78, 5) is 51.9. The molecule has 2 aliphatic heterocycles. The Hall–Kier alpha value is -3.90. The molecule has 0 radical (unpaired) electrons. The van der Waals surface area contributed by atoms with E-state index in [4.69, 9.17) is 16.3 Å². The second-order valence-corrected chi connectivity index (χ2v) is 9.37. The van der Waals surface area contributed by atoms with Crippen LogP contribution in [0.4, 0.5) is 14.9 Å². The van der Waals surface area contributed by atoms with Gasteiger partial charge >= 0.3 is 6.09 Å². The van der Waals surface area contributed by atoms with Crippen molar-refractivity contribution >= 4 is 41.1 Å². The molecule has 1 unspecified atom stereocenters. The number of imide groups is 1. The molecule has 0 aromatic heterocycles. The van der Waals surface area contributed by atoms with Crippen LogP contribution in [-0.4, -0.2) is 41.8 Å². The van der Waals surface area contributed by atoms with Gasteiger partial charge in [-0.05, 0) is 43.5 Å². The first-order chi connectivity index (χ1) is 17.2. The van der Waals surface area contributed by atoms with Crippen molar-refractivity contribution in [2.75, 3.05) is 11.9 Å². The predicted octanol–water partition coefficient (Wildman–Crippen LogP) is 3.64. The van der Waals surface area contributed by atoms with E-state index in [0.29, 0.717) is 22.2 Å². The van der Waals surface area contributed by atoms with E-state index in [1.165, 1.54) is 22.9 Å². The Labute approximate surface area is 211 Å². The minimum Gasteiger partial charge on any atom is -0.410 e. The highest BCUT2D eigenvalue weighted by atomic mass is 35.5. The van der Waals surface area contributed by atoms with E-state index >= 15 is 0 Å². The Morgan fingerprint density at radius 2 is 1.97 bits per heavy atom. The second-order valence-electron chi connectivity index (χ2n) is 8.97. The Morgan fingerprint density at radius 3 is 2.69 bits per heavy atom. The van der Waals surface area contributed by atoms with E-state index in [0.717, 1.165) is 18.9 Å². The first-order valence-electron chi connectivity index (χ1n) is 11.4. The SMILES string of the molecule is CN(C(=O)Oc1cc(F)c2c(c1)C(=O)N(C1CCC(=O)NC1=O)C2)c1ccc(Cl)c(C#CC2CC2)c1. The smallest absolute Gasteiger partial charge is 0.410 e. The maximum Gasteiger partial charge on any atom is 0.419 e. The van der Waals surface area contributed by atoms with Crippen molar-refractivity contribution in [3.05, 3.63) is 57.9 Å². The van der Waals surface area contributed by atoms with Crippen molar-refractivity contribution in [2.24, 2.45) is 5.92 Å². The van der Waals surface area contributed by atoms with Gasteiger partial charge < -0.3 is 9.64 Å². The molecule has 1 saturated heterocycles. The molecule has 1 saturated carbocycles. The van der Waals surface area contributed by atoms with Crippen molar-refractivity contribution in [1.29, 1.82) is 0 Å². The van der Waals surface area contributed by atoms with Crippen LogP contribution in [0.1, 0.15) is 47.2 Å². The molecule has 0 bridgehead atoms. The molecule has 2 aromatic rings. The summed E-state index contributed by atoms with van der Waals surface area (Å²) in [5, 5.41) is 2.67. The topological polar surface area (TPSA) is 96.0 Å². The van der Waals surface area contributed by atoms with Gasteiger partial charge in [-0.25, -0.2) is 9.18 Å². The summed E-state index contributed by atoms with van der Waals surface area (Å²) in [6.07, 6.45) is 1.59. The van der Waals surface area contributed by atoms with Crippen molar-refractivity contribution < 1.29 is 28.3 Å². The quantitative estimate of drug-likeness (QED) is 0.503. The van der Waals surface area contributed by atoms with Crippen LogP contribution in [0.15, 0.2) is 30.3 Å². The lowest BCUT2D eigenvalue weighted by Crippen LogP contribution is -2.52. The van der Waals surface area contributed by atoms with E-state index in [2.05, 4.69) is 17.2 Å². The van der Waals surface area contributed by atoms with Gasteiger partial charge in [-0.15, -0.1) is 0 Å². The summed E-state index contributed by atoms with van der Waals surface area (Å²) in [5.41, 5.74) is 1.18. The van der Waals surface area contributed by atoms with Crippen LogP contribution >= 0.6 is 11.6 Å². The average molecular weight is 510 g/mol. The average Bonchev–Trinajstić information content (AvgIpc) is 3.61. The molecule has 1 aliphatic carbocycles. The summed E-state index contributed by atoms with van der Waals surface area (Å²) >= 11 is 6.23. The number of amides is 4. The fourth-order valence-corrected chi connectivity index (χ4v) is 4.31. The molecule has 184 valence electrons. The monoisotopic (exact) mass is 509 g/mol. The van der Waals surface area contributed by atoms with E-state index in [1.807, 2.05) is 0 Å². The number of carbonyl (C=O) groups excluding carboxylic acids is 4. The first-order valence-corrected chi connectivity index (χ1v) is 11.8. The molecule has 4 amide bonds. The number of nitrogens with zero attached hydrogens (tertiary/aromatic N) is 2. The molecule has 1 N–H and O–H groups in total. The summed E-state index contributed by atoms with van der Waals surface area (Å²) in [5.74, 6) is 4.10. The molecule has 3 aliphatic rings. The lowest BCUT2D eigenvalue weighted by Gasteiger charge is -2.29. The number of anilines is 1. The normalized spacial score (nSPS) is 18.8. The lowest BCUT2D eigenvalue weighted by molar-refractivity contribution is -0.136. The van der Waals surface area contributed by atoms with Gasteiger partial charge in [0.15, 0.2) is 0 Å². The third-order valence-corrected chi connectivity index (χ3v) is 6.71. The molecule has 5 rings (SSSR count). The van der Waals surface area contributed by atoms with E-state index in [9.17, 15) is 23.6 Å². The van der Waals surface area contributed by atoms with Gasteiger partial charge in [0.2, 0.25) is 11.8 Å². The maximum atomic E-state index is 14.9. The summed E-state index contributed by atoms with van der Waals surface area (Å²) in [6.45, 7) is -0.115. The molecular formula is C26H21ClFN3O5. The Kier molecular flexibility index (Phi) is 6.14. The lowest BCUT2D eigenvalue weighted by atomic mass is 10.0. The molecule has 36 heavy (non-hydrogen) atoms. The van der Waals surface area contributed by atoms with Gasteiger partial charge in [-0.1, -0.05) is 23.4 Å². The standard InChI is InChI=1S/C26H21ClFN3O5/c1-30(16-6-7-20(27)15(10-16)5-4-14-2-3-14)26(35)36-17-11-18-19(21(28)12-17)13-31(25(18)34)22-8-9-23(32)29-24(22)33/h6-7,10-12,14,22H,2-3,8-9,13H2,1H3,(H,29,32,33). The van der Waals surface area contributed by atoms with E-state index < -0.39 is 35.7 Å². The number of carbonyl (C=O) groups is 4. The Morgan fingerprint density at radius 1 is 1.19 bits per heavy atom. The van der Waals surface area contributed by atoms with E-state index in [1.54, 1.807) is 18.2 Å². The summed E-state index contributed by atoms with van der Waals surface area (Å²) < 4.78 is 20.2. The number of ether oxygens (including phenoxy) is 1. The highest BCUT2D eigenvalue weighted by Gasteiger charge is 2.40. The molecule has 1 atom stereocenters. The Balaban J connectivity index is 1.32. The second kappa shape index (κ2) is 9.28. The minimum atomic E-state index is -0.874. The number of benzene rings is 2. The zero-order chi connectivity index (χ0) is 25.6. The molecule has 10 heteroatoms. The van der Waals surface area contributed by atoms with Crippen LogP contribution in [-0.2, 0) is 16.1 Å². The van der Waals surface area contributed by atoms with Gasteiger partial charge in [-0.3, -0.25) is 24.6 Å². The fraction of sp³-hybridized carbons (Fsp3) is 0.308. The number of hydrogen-bond acceptors (Lipinski definition) is 5. The van der Waals surface area contributed by atoms with Crippen LogP contribution in [0.25, 0.3) is 0 Å². The first kappa shape index (κ1) is 23.8. The number of hydrogen-bond donors (Lipinski definition) is 1. The third kappa shape index (κ3) is 4.64. The maximum absolute atomic E-state index is 14.9. The zero-order valence-electron chi connectivity index (χ0n) is 19.3. The highest BCUT2D eigenvalue weighted by molar-refractivity contribution is 6.31. The number of rotatable bonds is 3. The molecule has 2 aromatic carbocycles. The number of nitrogens with one attached hydrogen (secondary N) is 1. The summed E-state index contributed by atoms with van der Waals surface area (Å²) in [6, 6.07) is 6.38. The van der Waals surface area contributed by atoms with Crippen molar-refractivity contribution in [3.8, 4) is 17.6 Å². The van der Waals surface area contributed by atoms with Crippen molar-refractivity contribution in [3.63, 3.8) is 0 Å². The van der Waals surface area contributed by atoms with Gasteiger partial charge in [0.05, 0.1) is 17.1 Å². The molecule has 2 fully saturated rings. The number of halogens is 2. The molecule has 0 spiro atoms. The predicted molar refractivity (Wildman–Crippen MR) is 128 cm³/mol. The molecule has 2 heterocycles. The largest absolute Gasteiger partial charge is 0.419 e. The minimum absolute atomic E-state index is 0.00859. The molecule has 8 nitrogen and oxygen atoms in total.